The van der Waals surface area contributed by atoms with Crippen LogP contribution in [0.2, 0.25) is 0 Å². The summed E-state index contributed by atoms with van der Waals surface area (Å²) in [6.45, 7) is 0. The Balaban J connectivity index is 1.73. The molecule has 2 aromatic carbocycles. The van der Waals surface area contributed by atoms with Crippen LogP contribution < -0.4 is 5.32 Å². The summed E-state index contributed by atoms with van der Waals surface area (Å²) >= 11 is 0. The average Bonchev–Trinajstić information content (AvgIpc) is 2.85. The number of amides is 2. The molecule has 2 amide bonds. The van der Waals surface area contributed by atoms with Gasteiger partial charge in [-0.15, -0.1) is 0 Å². The molecule has 0 spiro atoms. The molecule has 1 N–H and O–H groups in total. The lowest BCUT2D eigenvalue weighted by Crippen LogP contribution is -2.18. The lowest BCUT2D eigenvalue weighted by atomic mass is 10.1. The number of hydrogen-bond donors (Lipinski definition) is 1. The van der Waals surface area contributed by atoms with Gasteiger partial charge in [0.15, 0.2) is 5.76 Å². The van der Waals surface area contributed by atoms with Crippen LogP contribution in [-0.2, 0) is 9.53 Å². The van der Waals surface area contributed by atoms with Crippen molar-refractivity contribution in [1.82, 2.24) is 5.32 Å². The summed E-state index contributed by atoms with van der Waals surface area (Å²) in [5, 5.41) is 2.06. The summed E-state index contributed by atoms with van der Waals surface area (Å²) in [5.74, 6) is -0.504. The lowest BCUT2D eigenvalue weighted by molar-refractivity contribution is -0.116. The van der Waals surface area contributed by atoms with E-state index < -0.39 is 12.0 Å². The zero-order valence-electron chi connectivity index (χ0n) is 11.7. The number of ether oxygens (including phenoxy) is 1. The van der Waals surface area contributed by atoms with Crippen LogP contribution in [-0.4, -0.2) is 12.0 Å². The number of carbonyl (C=O) groups excluding carboxylic acids is 2. The second-order valence-electron chi connectivity index (χ2n) is 4.76. The zero-order valence-corrected chi connectivity index (χ0v) is 11.7. The topological polar surface area (TPSA) is 55.4 Å². The Bertz CT molecular complexity index is 759. The highest BCUT2D eigenvalue weighted by molar-refractivity contribution is 6.09. The molecule has 0 saturated carbocycles. The van der Waals surface area contributed by atoms with E-state index in [0.29, 0.717) is 0 Å². The Morgan fingerprint density at radius 1 is 0.773 bits per heavy atom. The molecule has 0 bridgehead atoms. The molecule has 1 aliphatic rings. The highest BCUT2D eigenvalue weighted by Crippen LogP contribution is 2.15. The predicted octanol–water partition coefficient (Wildman–Crippen LogP) is 3.46. The van der Waals surface area contributed by atoms with Crippen LogP contribution in [0.4, 0.5) is 4.79 Å². The van der Waals surface area contributed by atoms with E-state index in [9.17, 15) is 9.59 Å². The quantitative estimate of drug-likeness (QED) is 0.696. The molecule has 22 heavy (non-hydrogen) atoms. The first kappa shape index (κ1) is 13.8. The van der Waals surface area contributed by atoms with Gasteiger partial charge in [0.25, 0.3) is 5.91 Å². The molecule has 0 aromatic heterocycles. The highest BCUT2D eigenvalue weighted by Gasteiger charge is 2.25. The summed E-state index contributed by atoms with van der Waals surface area (Å²) in [7, 11) is 0. The molecule has 108 valence electrons. The van der Waals surface area contributed by atoms with E-state index in [-0.39, 0.29) is 5.76 Å². The van der Waals surface area contributed by atoms with E-state index in [4.69, 9.17) is 4.74 Å². The fourth-order valence-corrected chi connectivity index (χ4v) is 2.03. The van der Waals surface area contributed by atoms with Crippen molar-refractivity contribution in [3.63, 3.8) is 0 Å². The molecular weight excluding hydrogens is 278 g/mol. The van der Waals surface area contributed by atoms with E-state index in [1.807, 2.05) is 66.7 Å². The second kappa shape index (κ2) is 6.10. The Hall–Kier alpha value is -3.14. The number of alkyl carbamates (subject to hydrolysis) is 1. The van der Waals surface area contributed by atoms with Gasteiger partial charge in [-0.2, -0.15) is 0 Å². The smallest absolute Gasteiger partial charge is 0.404 e. The van der Waals surface area contributed by atoms with Crippen LogP contribution in [0.3, 0.4) is 0 Å². The van der Waals surface area contributed by atoms with Gasteiger partial charge < -0.3 is 4.74 Å². The molecule has 4 heteroatoms. The van der Waals surface area contributed by atoms with Gasteiger partial charge in [-0.3, -0.25) is 10.1 Å². The maximum Gasteiger partial charge on any atom is 0.419 e. The third-order valence-corrected chi connectivity index (χ3v) is 3.14. The van der Waals surface area contributed by atoms with Gasteiger partial charge in [0.1, 0.15) is 0 Å². The summed E-state index contributed by atoms with van der Waals surface area (Å²) < 4.78 is 4.76. The number of cyclic esters (lactones) is 1. The third-order valence-electron chi connectivity index (χ3n) is 3.14. The molecule has 1 saturated heterocycles. The van der Waals surface area contributed by atoms with E-state index in [1.165, 1.54) is 6.08 Å². The van der Waals surface area contributed by atoms with Crippen LogP contribution in [0.5, 0.6) is 0 Å². The summed E-state index contributed by atoms with van der Waals surface area (Å²) in [6, 6.07) is 17.6. The monoisotopic (exact) mass is 291 g/mol. The number of hydrogen-bond acceptors (Lipinski definition) is 3. The van der Waals surface area contributed by atoms with E-state index in [1.54, 1.807) is 0 Å². The minimum Gasteiger partial charge on any atom is -0.404 e. The molecule has 2 aromatic rings. The lowest BCUT2D eigenvalue weighted by Gasteiger charge is -1.98. The van der Waals surface area contributed by atoms with Gasteiger partial charge in [0.05, 0.1) is 0 Å². The van der Waals surface area contributed by atoms with E-state index >= 15 is 0 Å². The van der Waals surface area contributed by atoms with Crippen LogP contribution in [0.15, 0.2) is 60.4 Å². The SMILES string of the molecule is O=C1NC(=O)C(=Cc2ccc(C=Cc3ccccc3)cc2)O1. The Kier molecular flexibility index (Phi) is 3.83. The van der Waals surface area contributed by atoms with Gasteiger partial charge in [0.2, 0.25) is 0 Å². The van der Waals surface area contributed by atoms with Crippen molar-refractivity contribution >= 4 is 30.2 Å². The number of benzene rings is 2. The molecule has 0 aliphatic carbocycles. The van der Waals surface area contributed by atoms with Crippen molar-refractivity contribution in [2.45, 2.75) is 0 Å². The van der Waals surface area contributed by atoms with Crippen molar-refractivity contribution < 1.29 is 14.3 Å². The molecule has 0 radical (unpaired) electrons. The highest BCUT2D eigenvalue weighted by atomic mass is 16.6. The first-order chi connectivity index (χ1) is 10.7. The Labute approximate surface area is 127 Å². The Morgan fingerprint density at radius 3 is 1.95 bits per heavy atom. The van der Waals surface area contributed by atoms with E-state index in [0.717, 1.165) is 16.7 Å². The predicted molar refractivity (Wildman–Crippen MR) is 84.4 cm³/mol. The minimum atomic E-state index is -0.737. The standard InChI is InChI=1S/C18H13NO3/c20-17-16(22-18(21)19-17)12-15-10-8-14(9-11-15)7-6-13-4-2-1-3-5-13/h1-12H,(H,19,20,21). The summed E-state index contributed by atoms with van der Waals surface area (Å²) in [4.78, 5) is 22.3. The van der Waals surface area contributed by atoms with Gasteiger partial charge in [-0.25, -0.2) is 4.79 Å². The third kappa shape index (κ3) is 3.30. The molecule has 1 fully saturated rings. The van der Waals surface area contributed by atoms with Crippen LogP contribution >= 0.6 is 0 Å². The number of nitrogens with one attached hydrogen (secondary N) is 1. The van der Waals surface area contributed by atoms with Crippen molar-refractivity contribution in [1.29, 1.82) is 0 Å². The molecule has 1 heterocycles. The minimum absolute atomic E-state index is 0.0116. The fourth-order valence-electron chi connectivity index (χ4n) is 2.03. The Morgan fingerprint density at radius 2 is 1.36 bits per heavy atom. The first-order valence-corrected chi connectivity index (χ1v) is 6.79. The molecule has 0 unspecified atom stereocenters. The first-order valence-electron chi connectivity index (χ1n) is 6.79. The van der Waals surface area contributed by atoms with Gasteiger partial charge in [0, 0.05) is 0 Å². The van der Waals surface area contributed by atoms with Gasteiger partial charge in [-0.05, 0) is 22.8 Å². The van der Waals surface area contributed by atoms with Crippen molar-refractivity contribution in [3.8, 4) is 0 Å². The molecular formula is C18H13NO3. The second-order valence-corrected chi connectivity index (χ2v) is 4.76. The van der Waals surface area contributed by atoms with Crippen molar-refractivity contribution in [2.24, 2.45) is 0 Å². The fraction of sp³-hybridized carbons (Fsp3) is 0. The van der Waals surface area contributed by atoms with Gasteiger partial charge in [-0.1, -0.05) is 66.7 Å². The largest absolute Gasteiger partial charge is 0.419 e. The van der Waals surface area contributed by atoms with Crippen molar-refractivity contribution in [3.05, 3.63) is 77.0 Å². The van der Waals surface area contributed by atoms with E-state index in [2.05, 4.69) is 5.32 Å². The van der Waals surface area contributed by atoms with Crippen LogP contribution in [0, 0.1) is 0 Å². The molecule has 1 aliphatic heterocycles. The van der Waals surface area contributed by atoms with Gasteiger partial charge >= 0.3 is 6.09 Å². The number of carbonyl (C=O) groups is 2. The average molecular weight is 291 g/mol. The zero-order chi connectivity index (χ0) is 15.4. The number of imide groups is 1. The molecule has 3 rings (SSSR count). The normalized spacial score (nSPS) is 16.1. The summed E-state index contributed by atoms with van der Waals surface area (Å²) in [6.07, 6.45) is 4.83. The van der Waals surface area contributed by atoms with Crippen LogP contribution in [0.25, 0.3) is 18.2 Å². The summed E-state index contributed by atoms with van der Waals surface area (Å²) in [5.41, 5.74) is 2.96. The molecule has 0 atom stereocenters. The number of rotatable bonds is 3. The maximum absolute atomic E-state index is 11.4. The van der Waals surface area contributed by atoms with Crippen molar-refractivity contribution in [2.75, 3.05) is 0 Å². The molecule has 4 nitrogen and oxygen atoms in total. The van der Waals surface area contributed by atoms with Crippen LogP contribution in [0.1, 0.15) is 16.7 Å². The maximum atomic E-state index is 11.4.